The molecule has 1 saturated heterocycles. The molecule has 6 heteroatoms. The number of nitrogens with one attached hydrogen (secondary N) is 1. The lowest BCUT2D eigenvalue weighted by Gasteiger charge is -2.16. The third-order valence-electron chi connectivity index (χ3n) is 3.86. The number of para-hydroxylation sites is 2. The fraction of sp³-hybridized carbons (Fsp3) is 0.238. The number of carbonyl (C=O) groups is 1. The van der Waals surface area contributed by atoms with E-state index in [1.807, 2.05) is 63.2 Å². The lowest BCUT2D eigenvalue weighted by Crippen LogP contribution is -2.19. The first-order valence-electron chi connectivity index (χ1n) is 8.67. The highest BCUT2D eigenvalue weighted by Crippen LogP contribution is 2.36. The Hall–Kier alpha value is -2.73. The first kappa shape index (κ1) is 19.0. The topological polar surface area (TPSA) is 59.9 Å². The van der Waals surface area contributed by atoms with E-state index >= 15 is 0 Å². The standard InChI is InChI=1S/C21H22N2O3S/c1-13(2)26-19-15(9-7-11-17(19)25-4)12-18-20(24)23-21(27-18)22-16-10-6-5-8-14(16)3/h5-13H,1-4H3,(H,22,23,24)/b18-12-. The van der Waals surface area contributed by atoms with Gasteiger partial charge in [-0.25, -0.2) is 4.99 Å². The molecule has 0 unspecified atom stereocenters. The number of ether oxygens (including phenoxy) is 2. The Morgan fingerprint density at radius 2 is 1.93 bits per heavy atom. The van der Waals surface area contributed by atoms with Crippen molar-refractivity contribution < 1.29 is 14.3 Å². The van der Waals surface area contributed by atoms with E-state index in [4.69, 9.17) is 9.47 Å². The Bertz CT molecular complexity index is 919. The summed E-state index contributed by atoms with van der Waals surface area (Å²) in [5, 5.41) is 3.39. The first-order chi connectivity index (χ1) is 13.0. The van der Waals surface area contributed by atoms with E-state index in [9.17, 15) is 4.79 Å². The number of rotatable bonds is 5. The van der Waals surface area contributed by atoms with Crippen molar-refractivity contribution in [3.8, 4) is 11.5 Å². The Balaban J connectivity index is 1.92. The van der Waals surface area contributed by atoms with Crippen LogP contribution in [-0.2, 0) is 4.79 Å². The second kappa shape index (κ2) is 8.31. The quantitative estimate of drug-likeness (QED) is 0.763. The van der Waals surface area contributed by atoms with Crippen molar-refractivity contribution in [2.75, 3.05) is 7.11 Å². The molecular weight excluding hydrogens is 360 g/mol. The summed E-state index contributed by atoms with van der Waals surface area (Å²) in [5.74, 6) is 1.08. The van der Waals surface area contributed by atoms with Gasteiger partial charge in [0.15, 0.2) is 16.7 Å². The van der Waals surface area contributed by atoms with E-state index < -0.39 is 0 Å². The minimum Gasteiger partial charge on any atom is -0.493 e. The number of amides is 1. The highest BCUT2D eigenvalue weighted by Gasteiger charge is 2.25. The van der Waals surface area contributed by atoms with E-state index in [0.717, 1.165) is 16.8 Å². The summed E-state index contributed by atoms with van der Waals surface area (Å²) in [7, 11) is 1.60. The van der Waals surface area contributed by atoms with Crippen molar-refractivity contribution in [2.45, 2.75) is 26.9 Å². The lowest BCUT2D eigenvalue weighted by molar-refractivity contribution is -0.115. The minimum atomic E-state index is -0.175. The summed E-state index contributed by atoms with van der Waals surface area (Å²) in [5.41, 5.74) is 2.68. The highest BCUT2D eigenvalue weighted by molar-refractivity contribution is 8.18. The summed E-state index contributed by atoms with van der Waals surface area (Å²) < 4.78 is 11.3. The maximum Gasteiger partial charge on any atom is 0.264 e. The zero-order valence-electron chi connectivity index (χ0n) is 15.8. The third-order valence-corrected chi connectivity index (χ3v) is 4.77. The van der Waals surface area contributed by atoms with Crippen LogP contribution in [-0.4, -0.2) is 24.3 Å². The van der Waals surface area contributed by atoms with Gasteiger partial charge in [0, 0.05) is 5.56 Å². The molecule has 0 atom stereocenters. The number of hydrogen-bond acceptors (Lipinski definition) is 5. The first-order valence-corrected chi connectivity index (χ1v) is 9.48. The summed E-state index contributed by atoms with van der Waals surface area (Å²) in [4.78, 5) is 17.5. The molecule has 0 aliphatic carbocycles. The zero-order valence-corrected chi connectivity index (χ0v) is 16.6. The molecule has 2 aromatic rings. The number of aliphatic imine (C=N–C) groups is 1. The molecule has 0 radical (unpaired) electrons. The van der Waals surface area contributed by atoms with Crippen molar-refractivity contribution in [1.82, 2.24) is 5.32 Å². The number of amidine groups is 1. The second-order valence-corrected chi connectivity index (χ2v) is 7.34. The van der Waals surface area contributed by atoms with Crippen molar-refractivity contribution in [3.05, 3.63) is 58.5 Å². The van der Waals surface area contributed by atoms with E-state index in [1.165, 1.54) is 11.8 Å². The molecule has 1 amide bonds. The smallest absolute Gasteiger partial charge is 0.264 e. The van der Waals surface area contributed by atoms with Gasteiger partial charge in [0.25, 0.3) is 5.91 Å². The summed E-state index contributed by atoms with van der Waals surface area (Å²) in [6.07, 6.45) is 1.79. The predicted molar refractivity (Wildman–Crippen MR) is 111 cm³/mol. The average molecular weight is 382 g/mol. The number of nitrogens with zero attached hydrogens (tertiary/aromatic N) is 1. The predicted octanol–water partition coefficient (Wildman–Crippen LogP) is 4.68. The van der Waals surface area contributed by atoms with Crippen LogP contribution in [0, 0.1) is 6.92 Å². The van der Waals surface area contributed by atoms with Crippen LogP contribution in [0.1, 0.15) is 25.0 Å². The van der Waals surface area contributed by atoms with Crippen molar-refractivity contribution in [1.29, 1.82) is 0 Å². The van der Waals surface area contributed by atoms with Gasteiger partial charge in [-0.1, -0.05) is 30.3 Å². The Morgan fingerprint density at radius 1 is 1.15 bits per heavy atom. The molecule has 0 saturated carbocycles. The van der Waals surface area contributed by atoms with Crippen LogP contribution < -0.4 is 14.8 Å². The van der Waals surface area contributed by atoms with Gasteiger partial charge < -0.3 is 14.8 Å². The number of carbonyl (C=O) groups excluding carboxylic acids is 1. The molecule has 1 aliphatic rings. The maximum absolute atomic E-state index is 12.4. The Labute approximate surface area is 163 Å². The van der Waals surface area contributed by atoms with Gasteiger partial charge in [-0.15, -0.1) is 0 Å². The zero-order chi connectivity index (χ0) is 19.4. The van der Waals surface area contributed by atoms with E-state index in [-0.39, 0.29) is 12.0 Å². The van der Waals surface area contributed by atoms with Gasteiger partial charge in [0.2, 0.25) is 0 Å². The summed E-state index contributed by atoms with van der Waals surface area (Å²) in [6.45, 7) is 5.89. The van der Waals surface area contributed by atoms with Crippen LogP contribution in [0.25, 0.3) is 6.08 Å². The van der Waals surface area contributed by atoms with Crippen LogP contribution in [0.5, 0.6) is 11.5 Å². The number of benzene rings is 2. The normalized spacial score (nSPS) is 16.9. The van der Waals surface area contributed by atoms with Crippen molar-refractivity contribution in [3.63, 3.8) is 0 Å². The molecule has 1 fully saturated rings. The number of hydrogen-bond donors (Lipinski definition) is 1. The number of thioether (sulfide) groups is 1. The molecule has 0 aromatic heterocycles. The van der Waals surface area contributed by atoms with Crippen LogP contribution in [0.15, 0.2) is 52.4 Å². The fourth-order valence-corrected chi connectivity index (χ4v) is 3.41. The van der Waals surface area contributed by atoms with Crippen molar-refractivity contribution >= 4 is 34.6 Å². The highest BCUT2D eigenvalue weighted by atomic mass is 32.2. The van der Waals surface area contributed by atoms with Crippen molar-refractivity contribution in [2.24, 2.45) is 4.99 Å². The van der Waals surface area contributed by atoms with Crippen LogP contribution in [0.4, 0.5) is 5.69 Å². The molecule has 27 heavy (non-hydrogen) atoms. The molecule has 1 aliphatic heterocycles. The summed E-state index contributed by atoms with van der Waals surface area (Å²) in [6, 6.07) is 13.4. The van der Waals surface area contributed by atoms with Gasteiger partial charge in [-0.05, 0) is 56.3 Å². The Kier molecular flexibility index (Phi) is 5.86. The lowest BCUT2D eigenvalue weighted by atomic mass is 10.1. The van der Waals surface area contributed by atoms with Gasteiger partial charge in [-0.2, -0.15) is 0 Å². The molecule has 0 spiro atoms. The minimum absolute atomic E-state index is 0.0123. The summed E-state index contributed by atoms with van der Waals surface area (Å²) >= 11 is 1.31. The maximum atomic E-state index is 12.4. The Morgan fingerprint density at radius 3 is 2.63 bits per heavy atom. The number of aryl methyl sites for hydroxylation is 1. The monoisotopic (exact) mass is 382 g/mol. The fourth-order valence-electron chi connectivity index (χ4n) is 2.59. The van der Waals surface area contributed by atoms with Gasteiger partial charge >= 0.3 is 0 Å². The van der Waals surface area contributed by atoms with E-state index in [1.54, 1.807) is 13.2 Å². The molecule has 140 valence electrons. The van der Waals surface area contributed by atoms with Gasteiger partial charge in [0.1, 0.15) is 0 Å². The molecule has 1 heterocycles. The molecule has 1 N–H and O–H groups in total. The molecule has 0 bridgehead atoms. The van der Waals surface area contributed by atoms with Gasteiger partial charge in [-0.3, -0.25) is 4.79 Å². The van der Waals surface area contributed by atoms with Crippen LogP contribution >= 0.6 is 11.8 Å². The molecule has 3 rings (SSSR count). The largest absolute Gasteiger partial charge is 0.493 e. The van der Waals surface area contributed by atoms with Gasteiger partial charge in [0.05, 0.1) is 23.8 Å². The average Bonchev–Trinajstić information content (AvgIpc) is 2.97. The van der Waals surface area contributed by atoms with E-state index in [0.29, 0.717) is 21.6 Å². The molecule has 2 aromatic carbocycles. The molecule has 5 nitrogen and oxygen atoms in total. The molecular formula is C21H22N2O3S. The van der Waals surface area contributed by atoms with E-state index in [2.05, 4.69) is 10.3 Å². The van der Waals surface area contributed by atoms with Crippen LogP contribution in [0.3, 0.4) is 0 Å². The van der Waals surface area contributed by atoms with Crippen LogP contribution in [0.2, 0.25) is 0 Å². The number of methoxy groups -OCH3 is 1. The SMILES string of the molecule is COc1cccc(/C=C2\SC(=Nc3ccccc3C)NC2=O)c1OC(C)C. The third kappa shape index (κ3) is 4.52. The second-order valence-electron chi connectivity index (χ2n) is 6.31.